The molecule has 0 saturated carbocycles. The molecule has 1 aromatic heterocycles. The van der Waals surface area contributed by atoms with Crippen molar-refractivity contribution in [2.75, 3.05) is 5.73 Å². The second kappa shape index (κ2) is 4.17. The molecule has 0 aliphatic heterocycles. The van der Waals surface area contributed by atoms with Crippen molar-refractivity contribution < 1.29 is 0 Å². The highest BCUT2D eigenvalue weighted by molar-refractivity contribution is 9.10. The average Bonchev–Trinajstić information content (AvgIpc) is 2.15. The Morgan fingerprint density at radius 1 is 1.12 bits per heavy atom. The summed E-state index contributed by atoms with van der Waals surface area (Å²) in [6.45, 7) is 3.81. The van der Waals surface area contributed by atoms with Gasteiger partial charge in [0.25, 0.3) is 0 Å². The van der Waals surface area contributed by atoms with Gasteiger partial charge in [0.05, 0.1) is 0 Å². The number of nitrogens with zero attached hydrogens (tertiary/aromatic N) is 3. The van der Waals surface area contributed by atoms with Gasteiger partial charge in [-0.3, -0.25) is 0 Å². The Balaban J connectivity index is 2.58. The summed E-state index contributed by atoms with van der Waals surface area (Å²) in [4.78, 5) is 12.4. The van der Waals surface area contributed by atoms with Crippen molar-refractivity contribution in [3.8, 4) is 11.4 Å². The summed E-state index contributed by atoms with van der Waals surface area (Å²) in [6.07, 6.45) is 0. The molecule has 0 aliphatic rings. The summed E-state index contributed by atoms with van der Waals surface area (Å²) in [7, 11) is 0. The van der Waals surface area contributed by atoms with Crippen LogP contribution < -0.4 is 5.73 Å². The summed E-state index contributed by atoms with van der Waals surface area (Å²) >= 11 is 3.42. The van der Waals surface area contributed by atoms with Crippen LogP contribution in [0.15, 0.2) is 22.7 Å². The Morgan fingerprint density at radius 3 is 2.50 bits per heavy atom. The molecule has 1 heterocycles. The first-order chi connectivity index (χ1) is 7.56. The predicted octanol–water partition coefficient (Wildman–Crippen LogP) is 2.50. The lowest BCUT2D eigenvalue weighted by Crippen LogP contribution is -2.02. The minimum atomic E-state index is 0.254. The minimum Gasteiger partial charge on any atom is -0.368 e. The van der Waals surface area contributed by atoms with Crippen LogP contribution in [-0.2, 0) is 0 Å². The molecule has 0 amide bonds. The summed E-state index contributed by atoms with van der Waals surface area (Å²) in [5, 5.41) is 0. The van der Waals surface area contributed by atoms with E-state index in [4.69, 9.17) is 5.73 Å². The molecule has 2 N–H and O–H groups in total. The Morgan fingerprint density at radius 2 is 1.88 bits per heavy atom. The number of aromatic nitrogens is 3. The van der Waals surface area contributed by atoms with Crippen LogP contribution in [0.1, 0.15) is 11.4 Å². The van der Waals surface area contributed by atoms with Gasteiger partial charge in [-0.15, -0.1) is 0 Å². The van der Waals surface area contributed by atoms with E-state index in [0.717, 1.165) is 15.6 Å². The fourth-order valence-corrected chi connectivity index (χ4v) is 1.98. The van der Waals surface area contributed by atoms with E-state index in [1.807, 2.05) is 25.1 Å². The Labute approximate surface area is 102 Å². The second-order valence-electron chi connectivity index (χ2n) is 3.52. The summed E-state index contributed by atoms with van der Waals surface area (Å²) in [5.41, 5.74) is 7.67. The maximum atomic E-state index is 5.61. The van der Waals surface area contributed by atoms with Gasteiger partial charge in [0.15, 0.2) is 5.82 Å². The van der Waals surface area contributed by atoms with E-state index >= 15 is 0 Å². The lowest BCUT2D eigenvalue weighted by Gasteiger charge is -2.06. The molecule has 82 valence electrons. The van der Waals surface area contributed by atoms with Crippen molar-refractivity contribution in [3.63, 3.8) is 0 Å². The number of anilines is 1. The standard InChI is InChI=1S/C11H11BrN4/c1-6-5-8(12)3-4-9(6)10-14-7(2)15-11(13)16-10/h3-5H,1-2H3,(H2,13,14,15,16). The Kier molecular flexibility index (Phi) is 2.87. The maximum Gasteiger partial charge on any atom is 0.223 e. The summed E-state index contributed by atoms with van der Waals surface area (Å²) < 4.78 is 1.03. The molecule has 2 aromatic rings. The van der Waals surface area contributed by atoms with Crippen molar-refractivity contribution in [2.24, 2.45) is 0 Å². The Hall–Kier alpha value is -1.49. The molecule has 0 bridgehead atoms. The van der Waals surface area contributed by atoms with Crippen LogP contribution in [0, 0.1) is 13.8 Å². The third-order valence-electron chi connectivity index (χ3n) is 2.19. The number of hydrogen-bond acceptors (Lipinski definition) is 4. The number of nitrogens with two attached hydrogens (primary N) is 1. The topological polar surface area (TPSA) is 64.7 Å². The van der Waals surface area contributed by atoms with Gasteiger partial charge in [0, 0.05) is 10.0 Å². The van der Waals surface area contributed by atoms with E-state index < -0.39 is 0 Å². The van der Waals surface area contributed by atoms with Crippen LogP contribution in [0.4, 0.5) is 5.95 Å². The van der Waals surface area contributed by atoms with Crippen molar-refractivity contribution in [1.82, 2.24) is 15.0 Å². The average molecular weight is 279 g/mol. The van der Waals surface area contributed by atoms with Crippen molar-refractivity contribution in [2.45, 2.75) is 13.8 Å². The zero-order valence-corrected chi connectivity index (χ0v) is 10.6. The largest absolute Gasteiger partial charge is 0.368 e. The van der Waals surface area contributed by atoms with Gasteiger partial charge in [0.1, 0.15) is 5.82 Å². The highest BCUT2D eigenvalue weighted by Gasteiger charge is 2.07. The zero-order valence-electron chi connectivity index (χ0n) is 9.03. The van der Waals surface area contributed by atoms with Crippen LogP contribution in [0.2, 0.25) is 0 Å². The number of nitrogen functional groups attached to an aromatic ring is 1. The highest BCUT2D eigenvalue weighted by atomic mass is 79.9. The minimum absolute atomic E-state index is 0.254. The van der Waals surface area contributed by atoms with E-state index in [-0.39, 0.29) is 5.95 Å². The van der Waals surface area contributed by atoms with E-state index in [9.17, 15) is 0 Å². The van der Waals surface area contributed by atoms with Gasteiger partial charge < -0.3 is 5.73 Å². The lowest BCUT2D eigenvalue weighted by molar-refractivity contribution is 0.995. The SMILES string of the molecule is Cc1nc(N)nc(-c2ccc(Br)cc2C)n1. The van der Waals surface area contributed by atoms with Gasteiger partial charge in [0.2, 0.25) is 5.95 Å². The maximum absolute atomic E-state index is 5.61. The molecule has 2 rings (SSSR count). The molecular weight excluding hydrogens is 268 g/mol. The molecule has 0 saturated heterocycles. The first-order valence-electron chi connectivity index (χ1n) is 4.81. The highest BCUT2D eigenvalue weighted by Crippen LogP contribution is 2.23. The van der Waals surface area contributed by atoms with Gasteiger partial charge in [-0.05, 0) is 37.6 Å². The van der Waals surface area contributed by atoms with Gasteiger partial charge in [-0.25, -0.2) is 4.98 Å². The van der Waals surface area contributed by atoms with Gasteiger partial charge >= 0.3 is 0 Å². The first-order valence-corrected chi connectivity index (χ1v) is 5.60. The number of benzene rings is 1. The number of rotatable bonds is 1. The van der Waals surface area contributed by atoms with Crippen LogP contribution >= 0.6 is 15.9 Å². The third-order valence-corrected chi connectivity index (χ3v) is 2.69. The molecule has 0 radical (unpaired) electrons. The molecule has 0 atom stereocenters. The molecule has 0 spiro atoms. The molecule has 16 heavy (non-hydrogen) atoms. The monoisotopic (exact) mass is 278 g/mol. The molecule has 0 fully saturated rings. The van der Waals surface area contributed by atoms with Gasteiger partial charge in [-0.2, -0.15) is 9.97 Å². The summed E-state index contributed by atoms with van der Waals surface area (Å²) in [6, 6.07) is 5.94. The quantitative estimate of drug-likeness (QED) is 0.871. The molecular formula is C11H11BrN4. The fraction of sp³-hybridized carbons (Fsp3) is 0.182. The first kappa shape index (κ1) is 11.0. The van der Waals surface area contributed by atoms with Crippen LogP contribution in [-0.4, -0.2) is 15.0 Å². The van der Waals surface area contributed by atoms with E-state index in [0.29, 0.717) is 11.6 Å². The Bertz CT molecular complexity index is 519. The van der Waals surface area contributed by atoms with E-state index in [1.54, 1.807) is 6.92 Å². The summed E-state index contributed by atoms with van der Waals surface area (Å²) in [5.74, 6) is 1.50. The van der Waals surface area contributed by atoms with Crippen molar-refractivity contribution >= 4 is 21.9 Å². The van der Waals surface area contributed by atoms with Gasteiger partial charge in [-0.1, -0.05) is 15.9 Å². The van der Waals surface area contributed by atoms with Crippen LogP contribution in [0.5, 0.6) is 0 Å². The lowest BCUT2D eigenvalue weighted by atomic mass is 10.1. The van der Waals surface area contributed by atoms with E-state index in [1.165, 1.54) is 0 Å². The zero-order chi connectivity index (χ0) is 11.7. The molecule has 5 heteroatoms. The fourth-order valence-electron chi connectivity index (χ4n) is 1.50. The smallest absolute Gasteiger partial charge is 0.223 e. The number of aryl methyl sites for hydroxylation is 2. The molecule has 0 aliphatic carbocycles. The molecule has 4 nitrogen and oxygen atoms in total. The number of hydrogen-bond donors (Lipinski definition) is 1. The second-order valence-corrected chi connectivity index (χ2v) is 4.44. The van der Waals surface area contributed by atoms with Crippen molar-refractivity contribution in [3.05, 3.63) is 34.1 Å². The number of halogens is 1. The van der Waals surface area contributed by atoms with Crippen LogP contribution in [0.3, 0.4) is 0 Å². The van der Waals surface area contributed by atoms with E-state index in [2.05, 4.69) is 30.9 Å². The van der Waals surface area contributed by atoms with Crippen LogP contribution in [0.25, 0.3) is 11.4 Å². The normalized spacial score (nSPS) is 10.4. The predicted molar refractivity (Wildman–Crippen MR) is 66.8 cm³/mol. The third kappa shape index (κ3) is 2.19. The molecule has 1 aromatic carbocycles. The molecule has 0 unspecified atom stereocenters. The van der Waals surface area contributed by atoms with Crippen molar-refractivity contribution in [1.29, 1.82) is 0 Å².